The van der Waals surface area contributed by atoms with Crippen LogP contribution in [0.25, 0.3) is 22.4 Å². The highest BCUT2D eigenvalue weighted by molar-refractivity contribution is 5.79. The number of aromatic nitrogens is 1. The standard InChI is InChI=1S/C23H26N/c1-15-9-7-10-16(2)23(15)21-12-8-11-20(19(21)5)22-13-17(3)18(4)14-24(22)6/h7-14H,1-6H3/q+1/i1D3,4D3. The van der Waals surface area contributed by atoms with Crippen LogP contribution in [0.2, 0.25) is 0 Å². The molecule has 0 radical (unpaired) electrons. The number of pyridine rings is 1. The molecule has 3 rings (SSSR count). The quantitative estimate of drug-likeness (QED) is 0.557. The molecule has 122 valence electrons. The molecule has 0 saturated carbocycles. The number of rotatable bonds is 2. The number of benzene rings is 2. The zero-order valence-electron chi connectivity index (χ0n) is 20.6. The zero-order chi connectivity index (χ0) is 22.4. The monoisotopic (exact) mass is 322 g/mol. The molecule has 0 unspecified atom stereocenters. The van der Waals surface area contributed by atoms with E-state index in [4.69, 9.17) is 8.22 Å². The summed E-state index contributed by atoms with van der Waals surface area (Å²) in [6.07, 6.45) is 1.66. The SMILES string of the molecule is [2H]C([2H])([2H])c1c[n+](C)c(-c2cccc(-c3c(C)cccc3C([2H])([2H])[2H])c2C)cc1C. The van der Waals surface area contributed by atoms with Crippen molar-refractivity contribution in [2.75, 3.05) is 0 Å². The van der Waals surface area contributed by atoms with Gasteiger partial charge in [0.15, 0.2) is 6.20 Å². The summed E-state index contributed by atoms with van der Waals surface area (Å²) in [5.41, 5.74) is 6.64. The summed E-state index contributed by atoms with van der Waals surface area (Å²) in [6.45, 7) is 1.32. The maximum Gasteiger partial charge on any atom is 0.212 e. The Morgan fingerprint density at radius 3 is 2.21 bits per heavy atom. The van der Waals surface area contributed by atoms with Crippen molar-refractivity contribution in [3.05, 3.63) is 76.5 Å². The Labute approximate surface area is 154 Å². The summed E-state index contributed by atoms with van der Waals surface area (Å²) in [6, 6.07) is 13.1. The van der Waals surface area contributed by atoms with Gasteiger partial charge in [0.25, 0.3) is 0 Å². The molecule has 0 aliphatic carbocycles. The van der Waals surface area contributed by atoms with Crippen LogP contribution in [0, 0.1) is 34.5 Å². The Hall–Kier alpha value is -2.41. The van der Waals surface area contributed by atoms with E-state index >= 15 is 0 Å². The summed E-state index contributed by atoms with van der Waals surface area (Å²) in [5, 5.41) is 0. The topological polar surface area (TPSA) is 3.88 Å². The first kappa shape index (κ1) is 10.5. The van der Waals surface area contributed by atoms with E-state index in [9.17, 15) is 0 Å². The second kappa shape index (κ2) is 6.24. The molecule has 1 heterocycles. The molecule has 0 aliphatic heterocycles. The van der Waals surface area contributed by atoms with Crippen LogP contribution < -0.4 is 4.57 Å². The first-order chi connectivity index (χ1) is 13.8. The minimum Gasteiger partial charge on any atom is -0.201 e. The minimum atomic E-state index is -2.22. The fourth-order valence-electron chi connectivity index (χ4n) is 3.23. The van der Waals surface area contributed by atoms with Crippen LogP contribution in [0.4, 0.5) is 0 Å². The molecule has 0 atom stereocenters. The average Bonchev–Trinajstić information content (AvgIpc) is 2.62. The Morgan fingerprint density at radius 2 is 1.46 bits per heavy atom. The molecule has 0 bridgehead atoms. The van der Waals surface area contributed by atoms with Gasteiger partial charge >= 0.3 is 0 Å². The van der Waals surface area contributed by atoms with Gasteiger partial charge in [-0.3, -0.25) is 0 Å². The van der Waals surface area contributed by atoms with E-state index in [1.807, 2.05) is 55.8 Å². The minimum absolute atomic E-state index is 0.325. The highest BCUT2D eigenvalue weighted by Gasteiger charge is 2.17. The summed E-state index contributed by atoms with van der Waals surface area (Å²) >= 11 is 0. The Kier molecular flexibility index (Phi) is 2.72. The van der Waals surface area contributed by atoms with Gasteiger partial charge in [-0.05, 0) is 73.9 Å². The van der Waals surface area contributed by atoms with Crippen molar-refractivity contribution in [1.29, 1.82) is 0 Å². The fourth-order valence-corrected chi connectivity index (χ4v) is 3.23. The highest BCUT2D eigenvalue weighted by atomic mass is 14.9. The van der Waals surface area contributed by atoms with E-state index in [2.05, 4.69) is 0 Å². The van der Waals surface area contributed by atoms with Gasteiger partial charge < -0.3 is 0 Å². The van der Waals surface area contributed by atoms with Crippen LogP contribution in [0.15, 0.2) is 48.7 Å². The molecule has 0 N–H and O–H groups in total. The van der Waals surface area contributed by atoms with Crippen LogP contribution in [0.1, 0.15) is 36.0 Å². The van der Waals surface area contributed by atoms with E-state index in [0.717, 1.165) is 33.5 Å². The molecular formula is C23H26N+. The van der Waals surface area contributed by atoms with Crippen molar-refractivity contribution in [1.82, 2.24) is 0 Å². The molecule has 2 aromatic carbocycles. The van der Waals surface area contributed by atoms with E-state index in [0.29, 0.717) is 16.7 Å². The predicted molar refractivity (Wildman–Crippen MR) is 102 cm³/mol. The van der Waals surface area contributed by atoms with Crippen LogP contribution in [0.3, 0.4) is 0 Å². The van der Waals surface area contributed by atoms with Crippen LogP contribution in [-0.4, -0.2) is 0 Å². The second-order valence-corrected chi connectivity index (χ2v) is 6.34. The normalized spacial score (nSPS) is 15.7. The Balaban J connectivity index is 2.26. The van der Waals surface area contributed by atoms with Crippen molar-refractivity contribution < 1.29 is 12.8 Å². The van der Waals surface area contributed by atoms with Gasteiger partial charge in [-0.1, -0.05) is 30.3 Å². The lowest BCUT2D eigenvalue weighted by Gasteiger charge is -2.15. The van der Waals surface area contributed by atoms with E-state index < -0.39 is 13.7 Å². The number of aryl methyl sites for hydroxylation is 5. The van der Waals surface area contributed by atoms with Gasteiger partial charge in [0.2, 0.25) is 5.69 Å². The molecule has 24 heavy (non-hydrogen) atoms. The first-order valence-electron chi connectivity index (χ1n) is 11.0. The third-order valence-corrected chi connectivity index (χ3v) is 4.63. The first-order valence-corrected chi connectivity index (χ1v) is 8.03. The third kappa shape index (κ3) is 2.75. The van der Waals surface area contributed by atoms with Crippen LogP contribution in [-0.2, 0) is 7.05 Å². The summed E-state index contributed by atoms with van der Waals surface area (Å²) in [4.78, 5) is 0. The average molecular weight is 323 g/mol. The summed E-state index contributed by atoms with van der Waals surface area (Å²) in [5.74, 6) is 0. The van der Waals surface area contributed by atoms with Crippen molar-refractivity contribution in [3.8, 4) is 22.4 Å². The Bertz CT molecular complexity index is 1110. The molecule has 1 heteroatoms. The smallest absolute Gasteiger partial charge is 0.201 e. The lowest BCUT2D eigenvalue weighted by atomic mass is 9.89. The molecule has 1 aromatic heterocycles. The number of hydrogen-bond donors (Lipinski definition) is 0. The molecule has 0 aliphatic rings. The van der Waals surface area contributed by atoms with Gasteiger partial charge in [-0.2, -0.15) is 0 Å². The lowest BCUT2D eigenvalue weighted by Crippen LogP contribution is -2.31. The number of hydrogen-bond acceptors (Lipinski definition) is 0. The zero-order valence-corrected chi connectivity index (χ0v) is 14.6. The molecular weight excluding hydrogens is 290 g/mol. The van der Waals surface area contributed by atoms with E-state index in [1.54, 1.807) is 25.3 Å². The van der Waals surface area contributed by atoms with Crippen molar-refractivity contribution in [3.63, 3.8) is 0 Å². The van der Waals surface area contributed by atoms with Crippen LogP contribution >= 0.6 is 0 Å². The second-order valence-electron chi connectivity index (χ2n) is 6.34. The molecule has 0 amide bonds. The summed E-state index contributed by atoms with van der Waals surface area (Å²) in [7, 11) is 1.83. The highest BCUT2D eigenvalue weighted by Crippen LogP contribution is 2.34. The molecule has 3 aromatic rings. The predicted octanol–water partition coefficient (Wildman–Crippen LogP) is 5.39. The number of nitrogens with zero attached hydrogens (tertiary/aromatic N) is 1. The summed E-state index contributed by atoms with van der Waals surface area (Å²) < 4.78 is 49.0. The molecule has 0 spiro atoms. The van der Waals surface area contributed by atoms with E-state index in [1.165, 1.54) is 0 Å². The molecule has 1 nitrogen and oxygen atoms in total. The molecule has 0 saturated heterocycles. The molecule has 0 fully saturated rings. The van der Waals surface area contributed by atoms with Crippen molar-refractivity contribution in [2.45, 2.75) is 34.5 Å². The van der Waals surface area contributed by atoms with Gasteiger partial charge in [0.1, 0.15) is 7.05 Å². The van der Waals surface area contributed by atoms with Gasteiger partial charge in [-0.25, -0.2) is 4.57 Å². The third-order valence-electron chi connectivity index (χ3n) is 4.63. The maximum atomic E-state index is 7.97. The van der Waals surface area contributed by atoms with Gasteiger partial charge in [0.05, 0.1) is 0 Å². The Morgan fingerprint density at radius 1 is 0.792 bits per heavy atom. The maximum absolute atomic E-state index is 7.97. The van der Waals surface area contributed by atoms with Gasteiger partial charge in [0, 0.05) is 25.4 Å². The van der Waals surface area contributed by atoms with Crippen molar-refractivity contribution >= 4 is 0 Å². The fraction of sp³-hybridized carbons (Fsp3) is 0.261. The lowest BCUT2D eigenvalue weighted by molar-refractivity contribution is -0.660. The van der Waals surface area contributed by atoms with Gasteiger partial charge in [-0.15, -0.1) is 0 Å². The largest absolute Gasteiger partial charge is 0.212 e. The van der Waals surface area contributed by atoms with Crippen molar-refractivity contribution in [2.24, 2.45) is 7.05 Å². The van der Waals surface area contributed by atoms with Crippen LogP contribution in [0.5, 0.6) is 0 Å². The van der Waals surface area contributed by atoms with E-state index in [-0.39, 0.29) is 0 Å².